The van der Waals surface area contributed by atoms with Gasteiger partial charge >= 0.3 is 0 Å². The Balaban J connectivity index is 2.95. The largest absolute Gasteiger partial charge is 0.507 e. The van der Waals surface area contributed by atoms with Gasteiger partial charge < -0.3 is 5.11 Å². The van der Waals surface area contributed by atoms with E-state index in [1.807, 2.05) is 0 Å². The summed E-state index contributed by atoms with van der Waals surface area (Å²) in [5.74, 6) is -0.174. The number of hydrogen-bond donors (Lipinski definition) is 1. The van der Waals surface area contributed by atoms with Crippen molar-refractivity contribution in [1.29, 1.82) is 0 Å². The number of phenolic OH excluding ortho intramolecular Hbond substituents is 1. The van der Waals surface area contributed by atoms with Gasteiger partial charge in [0.2, 0.25) is 0 Å². The smallest absolute Gasteiger partial charge is 0.276 e. The third kappa shape index (κ3) is 1.15. The molecule has 0 bridgehead atoms. The number of phenols is 1. The molecule has 0 spiro atoms. The second kappa shape index (κ2) is 2.99. The number of rotatable bonds is 0. The first kappa shape index (κ1) is 6.03. The minimum atomic E-state index is -2.68. The lowest BCUT2D eigenvalue weighted by Gasteiger charge is -2.03. The highest BCUT2D eigenvalue weighted by Crippen LogP contribution is 2.26. The highest BCUT2D eigenvalue weighted by atomic mass is 35.5. The van der Waals surface area contributed by atoms with E-state index in [-0.39, 0.29) is 21.5 Å². The molecule has 1 aromatic carbocycles. The summed E-state index contributed by atoms with van der Waals surface area (Å²) in [7, 11) is 0. The van der Waals surface area contributed by atoms with E-state index in [0.29, 0.717) is 4.68 Å². The third-order valence-corrected chi connectivity index (χ3v) is 2.20. The number of fused-ring (bicyclic) bond motifs is 1. The second-order valence-corrected chi connectivity index (χ2v) is 3.12. The number of hydrogen-bond acceptors (Lipinski definition) is 3. The lowest BCUT2D eigenvalue weighted by molar-refractivity contribution is 0.481. The van der Waals surface area contributed by atoms with Gasteiger partial charge in [-0.3, -0.25) is 4.79 Å². The zero-order valence-electron chi connectivity index (χ0n) is 9.86. The highest BCUT2D eigenvalue weighted by Gasteiger charge is 2.08. The number of benzene rings is 1. The maximum atomic E-state index is 11.9. The van der Waals surface area contributed by atoms with Crippen molar-refractivity contribution in [2.24, 2.45) is 6.98 Å². The van der Waals surface area contributed by atoms with E-state index in [1.54, 1.807) is 0 Å². The summed E-state index contributed by atoms with van der Waals surface area (Å²) in [6.07, 6.45) is 1.10. The molecule has 0 unspecified atom stereocenters. The van der Waals surface area contributed by atoms with E-state index in [1.165, 1.54) is 12.1 Å². The lowest BCUT2D eigenvalue weighted by Crippen LogP contribution is -2.19. The summed E-state index contributed by atoms with van der Waals surface area (Å²) >= 11 is 5.82. The molecule has 0 fully saturated rings. The van der Waals surface area contributed by atoms with Gasteiger partial charge in [-0.05, 0) is 12.1 Å². The fraction of sp³-hybridized carbons (Fsp3) is 0.111. The molecule has 0 atom stereocenters. The minimum absolute atomic E-state index is 0.0576. The summed E-state index contributed by atoms with van der Waals surface area (Å²) in [6.45, 7) is -2.68. The molecule has 72 valence electrons. The molecule has 0 aliphatic carbocycles. The molecule has 2 aromatic rings. The Morgan fingerprint density at radius 3 is 3.14 bits per heavy atom. The Morgan fingerprint density at radius 2 is 2.43 bits per heavy atom. The van der Waals surface area contributed by atoms with Crippen LogP contribution in [0.2, 0.25) is 5.02 Å². The van der Waals surface area contributed by atoms with Gasteiger partial charge in [0.15, 0.2) is 0 Å². The lowest BCUT2D eigenvalue weighted by atomic mass is 10.2. The molecule has 0 aliphatic rings. The Kier molecular flexibility index (Phi) is 1.29. The molecule has 4 nitrogen and oxygen atoms in total. The molecule has 0 radical (unpaired) electrons. The van der Waals surface area contributed by atoms with Crippen LogP contribution < -0.4 is 5.56 Å². The zero-order valence-corrected chi connectivity index (χ0v) is 7.62. The van der Waals surface area contributed by atoms with Crippen molar-refractivity contribution in [2.45, 2.75) is 0 Å². The molecule has 1 N–H and O–H groups in total. The van der Waals surface area contributed by atoms with Crippen LogP contribution >= 0.6 is 11.6 Å². The molecule has 14 heavy (non-hydrogen) atoms. The molecule has 0 saturated heterocycles. The fourth-order valence-electron chi connectivity index (χ4n) is 1.20. The van der Waals surface area contributed by atoms with Crippen molar-refractivity contribution in [1.82, 2.24) is 9.78 Å². The van der Waals surface area contributed by atoms with E-state index >= 15 is 0 Å². The average molecular weight is 214 g/mol. The first-order chi connectivity index (χ1) is 7.82. The summed E-state index contributed by atoms with van der Waals surface area (Å²) in [5, 5.41) is 13.2. The predicted octanol–water partition coefficient (Wildman–Crippen LogP) is 1.29. The number of aromatic nitrogens is 2. The fourth-order valence-corrected chi connectivity index (χ4v) is 1.45. The summed E-state index contributed by atoms with van der Waals surface area (Å²) in [5.41, 5.74) is -0.858. The molecule has 5 heteroatoms. The van der Waals surface area contributed by atoms with Gasteiger partial charge in [-0.1, -0.05) is 11.6 Å². The first-order valence-electron chi connectivity index (χ1n) is 5.22. The van der Waals surface area contributed by atoms with E-state index in [9.17, 15) is 9.90 Å². The molecule has 0 aliphatic heterocycles. The van der Waals surface area contributed by atoms with Crippen LogP contribution in [-0.2, 0) is 6.98 Å². The van der Waals surface area contributed by atoms with E-state index in [0.717, 1.165) is 6.20 Å². The van der Waals surface area contributed by atoms with Crippen LogP contribution in [0.3, 0.4) is 0 Å². The first-order valence-corrected chi connectivity index (χ1v) is 4.10. The summed E-state index contributed by atoms with van der Waals surface area (Å²) < 4.78 is 21.8. The number of halogens is 1. The monoisotopic (exact) mass is 213 g/mol. The van der Waals surface area contributed by atoms with Crippen molar-refractivity contribution in [3.05, 3.63) is 33.7 Å². The molecule has 2 rings (SSSR count). The molecular weight excluding hydrogens is 204 g/mol. The van der Waals surface area contributed by atoms with Crippen LogP contribution in [0.1, 0.15) is 4.11 Å². The Morgan fingerprint density at radius 1 is 1.64 bits per heavy atom. The van der Waals surface area contributed by atoms with Crippen LogP contribution in [0.5, 0.6) is 5.75 Å². The van der Waals surface area contributed by atoms with Crippen molar-refractivity contribution in [3.8, 4) is 5.75 Å². The summed E-state index contributed by atoms with van der Waals surface area (Å²) in [4.78, 5) is 11.9. The van der Waals surface area contributed by atoms with Crippen molar-refractivity contribution in [2.75, 3.05) is 0 Å². The van der Waals surface area contributed by atoms with Crippen LogP contribution in [-0.4, -0.2) is 14.9 Å². The van der Waals surface area contributed by atoms with E-state index in [4.69, 9.17) is 15.7 Å². The Bertz CT molecular complexity index is 651. The minimum Gasteiger partial charge on any atom is -0.507 e. The standard InChI is InChI=1S/C9H7ClN2O2/c1-12-9(14)8-5(4-11-12)7(13)3-2-6(8)10/h2-4,13H,1H3/i1D3. The quantitative estimate of drug-likeness (QED) is 0.718. The van der Waals surface area contributed by atoms with Gasteiger partial charge in [-0.15, -0.1) is 0 Å². The van der Waals surface area contributed by atoms with Crippen molar-refractivity contribution >= 4 is 22.4 Å². The molecule has 0 saturated carbocycles. The van der Waals surface area contributed by atoms with Gasteiger partial charge in [-0.25, -0.2) is 4.68 Å². The number of nitrogens with zero attached hydrogens (tertiary/aromatic N) is 2. The van der Waals surface area contributed by atoms with E-state index < -0.39 is 12.5 Å². The molecule has 1 heterocycles. The van der Waals surface area contributed by atoms with Gasteiger partial charge in [0.05, 0.1) is 22.0 Å². The van der Waals surface area contributed by atoms with Crippen molar-refractivity contribution in [3.63, 3.8) is 0 Å². The van der Waals surface area contributed by atoms with Gasteiger partial charge in [0.1, 0.15) is 5.75 Å². The maximum Gasteiger partial charge on any atom is 0.276 e. The van der Waals surface area contributed by atoms with Gasteiger partial charge in [0.25, 0.3) is 5.56 Å². The highest BCUT2D eigenvalue weighted by molar-refractivity contribution is 6.35. The SMILES string of the molecule is [2H]C([2H])([2H])n1ncc2c(O)ccc(Cl)c2c1=O. The summed E-state index contributed by atoms with van der Waals surface area (Å²) in [6, 6.07) is 2.63. The Labute approximate surface area is 88.6 Å². The van der Waals surface area contributed by atoms with Gasteiger partial charge in [-0.2, -0.15) is 5.10 Å². The van der Waals surface area contributed by atoms with Gasteiger partial charge in [0, 0.05) is 11.1 Å². The molecular formula is C9H7ClN2O2. The second-order valence-electron chi connectivity index (χ2n) is 2.72. The topological polar surface area (TPSA) is 55.1 Å². The maximum absolute atomic E-state index is 11.9. The van der Waals surface area contributed by atoms with Crippen LogP contribution in [0.15, 0.2) is 23.1 Å². The number of aryl methyl sites for hydroxylation is 1. The van der Waals surface area contributed by atoms with E-state index in [2.05, 4.69) is 5.10 Å². The Hall–Kier alpha value is -1.55. The third-order valence-electron chi connectivity index (χ3n) is 1.88. The normalized spacial score (nSPS) is 14.8. The predicted molar refractivity (Wildman–Crippen MR) is 53.7 cm³/mol. The van der Waals surface area contributed by atoms with Crippen LogP contribution in [0.25, 0.3) is 10.8 Å². The zero-order chi connectivity index (χ0) is 12.8. The van der Waals surface area contributed by atoms with Crippen LogP contribution in [0, 0.1) is 0 Å². The number of aromatic hydroxyl groups is 1. The van der Waals surface area contributed by atoms with Crippen LogP contribution in [0.4, 0.5) is 0 Å². The molecule has 1 aromatic heterocycles. The van der Waals surface area contributed by atoms with Crippen molar-refractivity contribution < 1.29 is 9.22 Å². The molecule has 0 amide bonds. The average Bonchev–Trinajstić information content (AvgIpc) is 2.21.